The van der Waals surface area contributed by atoms with E-state index < -0.39 is 20.0 Å². The van der Waals surface area contributed by atoms with Gasteiger partial charge in [-0.05, 0) is 12.8 Å². The maximum absolute atomic E-state index is 12.9. The zero-order valence-electron chi connectivity index (χ0n) is 48.0. The Balaban J connectivity index is 3.73. The molecule has 0 aromatic carbocycles. The predicted octanol–water partition coefficient (Wildman–Crippen LogP) is 20.0. The van der Waals surface area contributed by atoms with Gasteiger partial charge in [-0.2, -0.15) is 0 Å². The zero-order valence-corrected chi connectivity index (χ0v) is 48.9. The van der Waals surface area contributed by atoms with Gasteiger partial charge in [0.1, 0.15) is 0 Å². The first-order chi connectivity index (χ1) is 34.9. The molecule has 0 aliphatic rings. The van der Waals surface area contributed by atoms with E-state index in [1.165, 1.54) is 295 Å². The highest BCUT2D eigenvalue weighted by Gasteiger charge is 2.27. The molecule has 8 nitrogen and oxygen atoms in total. The van der Waals surface area contributed by atoms with E-state index in [2.05, 4.69) is 19.2 Å². The van der Waals surface area contributed by atoms with Gasteiger partial charge in [0, 0.05) is 13.0 Å². The van der Waals surface area contributed by atoms with Gasteiger partial charge in [-0.15, -0.1) is 0 Å². The van der Waals surface area contributed by atoms with E-state index in [4.69, 9.17) is 14.8 Å². The Bertz CT molecular complexity index is 1080. The average Bonchev–Trinajstić information content (AvgIpc) is 3.36. The lowest BCUT2D eigenvalue weighted by molar-refractivity contribution is -0.123. The van der Waals surface area contributed by atoms with Crippen molar-refractivity contribution >= 4 is 13.7 Å². The molecule has 0 aliphatic heterocycles. The lowest BCUT2D eigenvalue weighted by Gasteiger charge is -2.25. The maximum atomic E-state index is 12.9. The normalized spacial score (nSPS) is 13.5. The molecule has 0 bridgehead atoms. The SMILES string of the molecule is CCCCCCCCCCCCCCCCCCCCCCCCCCCCCCCCCCCCCCC(=O)N[C@@H](COP(=O)(O)OCCN)[C@H](O)CCCCCCCCCCCCCCCCCC. The molecule has 1 amide bonds. The number of amides is 1. The largest absolute Gasteiger partial charge is 0.472 e. The molecule has 0 fully saturated rings. The van der Waals surface area contributed by atoms with E-state index in [1.54, 1.807) is 0 Å². The van der Waals surface area contributed by atoms with Crippen LogP contribution in [0.25, 0.3) is 0 Å². The number of carbonyl (C=O) groups is 1. The summed E-state index contributed by atoms with van der Waals surface area (Å²) in [4.78, 5) is 22.9. The highest BCUT2D eigenvalue weighted by Crippen LogP contribution is 2.43. The minimum Gasteiger partial charge on any atom is -0.391 e. The molecule has 1 unspecified atom stereocenters. The third-order valence-electron chi connectivity index (χ3n) is 15.2. The maximum Gasteiger partial charge on any atom is 0.472 e. The fourth-order valence-electron chi connectivity index (χ4n) is 10.4. The Kier molecular flexibility index (Phi) is 58.3. The summed E-state index contributed by atoms with van der Waals surface area (Å²) in [5.74, 6) is -0.151. The number of nitrogens with one attached hydrogen (secondary N) is 1. The molecular formula is C62H127N2O6P. The van der Waals surface area contributed by atoms with Gasteiger partial charge in [0.15, 0.2) is 0 Å². The Morgan fingerprint density at radius 1 is 0.408 bits per heavy atom. The van der Waals surface area contributed by atoms with E-state index in [-0.39, 0.29) is 25.7 Å². The lowest BCUT2D eigenvalue weighted by atomic mass is 10.0. The number of hydrogen-bond acceptors (Lipinski definition) is 6. The molecule has 71 heavy (non-hydrogen) atoms. The van der Waals surface area contributed by atoms with Crippen LogP contribution in [-0.2, 0) is 18.4 Å². The summed E-state index contributed by atoms with van der Waals surface area (Å²) in [5, 5.41) is 13.9. The van der Waals surface area contributed by atoms with Crippen molar-refractivity contribution in [2.45, 2.75) is 373 Å². The summed E-state index contributed by atoms with van der Waals surface area (Å²) in [7, 11) is -4.32. The monoisotopic (exact) mass is 1030 g/mol. The first kappa shape index (κ1) is 70.5. The molecule has 0 saturated carbocycles. The second kappa shape index (κ2) is 58.8. The van der Waals surface area contributed by atoms with Crippen LogP contribution in [0.5, 0.6) is 0 Å². The van der Waals surface area contributed by atoms with Crippen LogP contribution in [0, 0.1) is 0 Å². The van der Waals surface area contributed by atoms with Crippen LogP contribution < -0.4 is 11.1 Å². The van der Waals surface area contributed by atoms with Crippen molar-refractivity contribution in [2.75, 3.05) is 19.8 Å². The third kappa shape index (κ3) is 57.1. The van der Waals surface area contributed by atoms with Crippen LogP contribution in [0.2, 0.25) is 0 Å². The van der Waals surface area contributed by atoms with Crippen molar-refractivity contribution in [3.8, 4) is 0 Å². The van der Waals surface area contributed by atoms with Crippen LogP contribution in [0.3, 0.4) is 0 Å². The van der Waals surface area contributed by atoms with Gasteiger partial charge < -0.3 is 21.1 Å². The molecule has 0 spiro atoms. The molecule has 0 aliphatic carbocycles. The minimum absolute atomic E-state index is 0.0930. The van der Waals surface area contributed by atoms with Gasteiger partial charge in [0.05, 0.1) is 25.4 Å². The Hall–Kier alpha value is -0.500. The van der Waals surface area contributed by atoms with Crippen LogP contribution in [0.15, 0.2) is 0 Å². The van der Waals surface area contributed by atoms with Gasteiger partial charge in [0.25, 0.3) is 0 Å². The fraction of sp³-hybridized carbons (Fsp3) is 0.984. The lowest BCUT2D eigenvalue weighted by Crippen LogP contribution is -2.46. The van der Waals surface area contributed by atoms with E-state index in [0.717, 1.165) is 38.5 Å². The van der Waals surface area contributed by atoms with Crippen molar-refractivity contribution in [1.82, 2.24) is 5.32 Å². The van der Waals surface area contributed by atoms with Gasteiger partial charge in [-0.25, -0.2) is 4.57 Å². The van der Waals surface area contributed by atoms with Crippen LogP contribution >= 0.6 is 7.82 Å². The Morgan fingerprint density at radius 3 is 0.901 bits per heavy atom. The number of phosphoric acid groups is 1. The van der Waals surface area contributed by atoms with Crippen LogP contribution in [0.1, 0.15) is 361 Å². The van der Waals surface area contributed by atoms with E-state index >= 15 is 0 Å². The number of phosphoric ester groups is 1. The minimum atomic E-state index is -4.32. The first-order valence-electron chi connectivity index (χ1n) is 32.2. The van der Waals surface area contributed by atoms with E-state index in [9.17, 15) is 19.4 Å². The number of nitrogens with two attached hydrogens (primary N) is 1. The quantitative estimate of drug-likeness (QED) is 0.0352. The molecule has 5 N–H and O–H groups in total. The molecule has 0 aromatic rings. The predicted molar refractivity (Wildman–Crippen MR) is 309 cm³/mol. The summed E-state index contributed by atoms with van der Waals surface area (Å²) in [6, 6.07) is -0.770. The molecule has 9 heteroatoms. The summed E-state index contributed by atoms with van der Waals surface area (Å²) in [6.45, 7) is 4.28. The number of hydrogen-bond donors (Lipinski definition) is 4. The summed E-state index contributed by atoms with van der Waals surface area (Å²) in [6.07, 6.45) is 70.5. The molecule has 0 rings (SSSR count). The molecule has 0 radical (unpaired) electrons. The van der Waals surface area contributed by atoms with Crippen molar-refractivity contribution in [1.29, 1.82) is 0 Å². The fourth-order valence-corrected chi connectivity index (χ4v) is 11.1. The number of aliphatic hydroxyl groups is 1. The summed E-state index contributed by atoms with van der Waals surface area (Å²) in [5.41, 5.74) is 5.42. The average molecular weight is 1030 g/mol. The molecule has 0 aromatic heterocycles. The number of carbonyl (C=O) groups excluding carboxylic acids is 1. The summed E-state index contributed by atoms with van der Waals surface area (Å²) >= 11 is 0. The van der Waals surface area contributed by atoms with Gasteiger partial charge >= 0.3 is 7.82 Å². The van der Waals surface area contributed by atoms with Gasteiger partial charge in [-0.3, -0.25) is 13.8 Å². The van der Waals surface area contributed by atoms with Crippen molar-refractivity contribution < 1.29 is 28.4 Å². The van der Waals surface area contributed by atoms with E-state index in [0.29, 0.717) is 12.8 Å². The van der Waals surface area contributed by atoms with Crippen molar-refractivity contribution in [3.63, 3.8) is 0 Å². The summed E-state index contributed by atoms with van der Waals surface area (Å²) < 4.78 is 22.4. The smallest absolute Gasteiger partial charge is 0.391 e. The van der Waals surface area contributed by atoms with E-state index in [1.807, 2.05) is 0 Å². The molecule has 426 valence electrons. The molecule has 0 saturated heterocycles. The first-order valence-corrected chi connectivity index (χ1v) is 33.6. The molecule has 0 heterocycles. The number of rotatable bonds is 62. The Morgan fingerprint density at radius 2 is 0.648 bits per heavy atom. The number of unbranched alkanes of at least 4 members (excludes halogenated alkanes) is 50. The zero-order chi connectivity index (χ0) is 51.7. The molecule has 3 atom stereocenters. The second-order valence-electron chi connectivity index (χ2n) is 22.3. The van der Waals surface area contributed by atoms with Gasteiger partial charge in [0.2, 0.25) is 5.91 Å². The highest BCUT2D eigenvalue weighted by molar-refractivity contribution is 7.47. The highest BCUT2D eigenvalue weighted by atomic mass is 31.2. The standard InChI is InChI=1S/C62H127N2O6P/c1-3-5-7-9-11-13-15-17-19-21-22-23-24-25-26-27-28-29-30-31-32-33-34-35-36-37-38-39-40-42-44-46-48-50-52-54-56-62(66)64-60(59-70-71(67,68)69-58-57-63)61(65)55-53-51-49-47-45-43-41-20-18-16-14-12-10-8-6-4-2/h60-61,65H,3-59,63H2,1-2H3,(H,64,66)(H,67,68)/t60-,61+/m0/s1. The number of aliphatic hydroxyl groups excluding tert-OH is 1. The van der Waals surface area contributed by atoms with Gasteiger partial charge in [-0.1, -0.05) is 341 Å². The topological polar surface area (TPSA) is 131 Å². The van der Waals surface area contributed by atoms with Crippen molar-refractivity contribution in [3.05, 3.63) is 0 Å². The van der Waals surface area contributed by atoms with Crippen LogP contribution in [0.4, 0.5) is 0 Å². The van der Waals surface area contributed by atoms with Crippen LogP contribution in [-0.4, -0.2) is 47.8 Å². The molecular weight excluding hydrogens is 900 g/mol. The van der Waals surface area contributed by atoms with Crippen molar-refractivity contribution in [2.24, 2.45) is 5.73 Å². The second-order valence-corrected chi connectivity index (χ2v) is 23.8. The third-order valence-corrected chi connectivity index (χ3v) is 16.2. The Labute approximate surface area is 443 Å².